The molecule has 7 unspecified atom stereocenters. The Kier molecular flexibility index (Phi) is 48.2. The van der Waals surface area contributed by atoms with Crippen LogP contribution in [0.2, 0.25) is 0 Å². The maximum atomic E-state index is 13.1. The molecule has 410 valence electrons. The van der Waals surface area contributed by atoms with Crippen LogP contribution in [-0.2, 0) is 14.3 Å². The molecule has 1 heterocycles. The summed E-state index contributed by atoms with van der Waals surface area (Å²) in [6, 6.07) is -0.800. The highest BCUT2D eigenvalue weighted by atomic mass is 16.7. The van der Waals surface area contributed by atoms with Gasteiger partial charge in [-0.25, -0.2) is 0 Å². The fraction of sp³-hybridized carbons (Fsp3) is 0.950. The van der Waals surface area contributed by atoms with Crippen LogP contribution >= 0.6 is 0 Å². The van der Waals surface area contributed by atoms with Crippen LogP contribution in [0.25, 0.3) is 0 Å². The van der Waals surface area contributed by atoms with E-state index in [0.717, 1.165) is 38.5 Å². The molecule has 1 aliphatic heterocycles. The Balaban J connectivity index is 2.18. The van der Waals surface area contributed by atoms with Crippen molar-refractivity contribution in [2.75, 3.05) is 13.2 Å². The highest BCUT2D eigenvalue weighted by Crippen LogP contribution is 2.23. The van der Waals surface area contributed by atoms with Gasteiger partial charge in [0, 0.05) is 6.42 Å². The summed E-state index contributed by atoms with van der Waals surface area (Å²) in [6.07, 6.45) is 55.7. The lowest BCUT2D eigenvalue weighted by molar-refractivity contribution is -0.302. The number of amides is 1. The van der Waals surface area contributed by atoms with Gasteiger partial charge in [0.15, 0.2) is 6.29 Å². The first-order valence-corrected chi connectivity index (χ1v) is 30.4. The molecule has 1 amide bonds. The standard InChI is InChI=1S/C60H117NO8/c1-3-5-7-9-11-13-15-17-19-21-23-24-25-26-27-28-29-30-31-32-33-35-37-39-41-43-45-47-49-54(63)53(52-68-60-59(67)58(66)57(65)55(51-62)69-60)61-56(64)50-48-46-44-42-40-38-36-34-22-20-18-16-14-12-10-8-6-4-2/h47,49,53-55,57-60,62-63,65-67H,3-46,48,50-52H2,1-2H3,(H,61,64)/b49-47+. The molecule has 6 N–H and O–H groups in total. The van der Waals surface area contributed by atoms with Crippen molar-refractivity contribution in [1.82, 2.24) is 5.32 Å². The highest BCUT2D eigenvalue weighted by molar-refractivity contribution is 5.76. The van der Waals surface area contributed by atoms with Crippen molar-refractivity contribution in [3.8, 4) is 0 Å². The predicted molar refractivity (Wildman–Crippen MR) is 291 cm³/mol. The van der Waals surface area contributed by atoms with Crippen molar-refractivity contribution in [2.45, 2.75) is 352 Å². The minimum absolute atomic E-state index is 0.170. The molecule has 0 aromatic carbocycles. The fourth-order valence-corrected chi connectivity index (χ4v) is 10.0. The number of allylic oxidation sites excluding steroid dienone is 1. The molecule has 0 saturated carbocycles. The van der Waals surface area contributed by atoms with E-state index < -0.39 is 49.5 Å². The van der Waals surface area contributed by atoms with Crippen LogP contribution in [0, 0.1) is 0 Å². The Labute approximate surface area is 426 Å². The number of ether oxygens (including phenoxy) is 2. The van der Waals surface area contributed by atoms with Crippen molar-refractivity contribution in [3.63, 3.8) is 0 Å². The normalized spacial score (nSPS) is 19.4. The Morgan fingerprint density at radius 1 is 0.478 bits per heavy atom. The van der Waals surface area contributed by atoms with E-state index in [0.29, 0.717) is 6.42 Å². The zero-order valence-corrected chi connectivity index (χ0v) is 45.6. The first kappa shape index (κ1) is 65.9. The lowest BCUT2D eigenvalue weighted by Crippen LogP contribution is -2.60. The number of carbonyl (C=O) groups is 1. The molecule has 9 nitrogen and oxygen atoms in total. The zero-order chi connectivity index (χ0) is 50.1. The van der Waals surface area contributed by atoms with Gasteiger partial charge in [0.05, 0.1) is 25.4 Å². The average Bonchev–Trinajstić information content (AvgIpc) is 3.35. The van der Waals surface area contributed by atoms with Gasteiger partial charge >= 0.3 is 0 Å². The van der Waals surface area contributed by atoms with Crippen LogP contribution in [-0.4, -0.2) is 87.5 Å². The summed E-state index contributed by atoms with van der Waals surface area (Å²) < 4.78 is 11.3. The van der Waals surface area contributed by atoms with Crippen molar-refractivity contribution in [1.29, 1.82) is 0 Å². The van der Waals surface area contributed by atoms with Gasteiger partial charge in [0.1, 0.15) is 24.4 Å². The van der Waals surface area contributed by atoms with Gasteiger partial charge in [-0.1, -0.05) is 296 Å². The Hall–Kier alpha value is -1.07. The summed E-state index contributed by atoms with van der Waals surface area (Å²) >= 11 is 0. The summed E-state index contributed by atoms with van der Waals surface area (Å²) in [5, 5.41) is 54.6. The second-order valence-electron chi connectivity index (χ2n) is 21.5. The quantitative estimate of drug-likeness (QED) is 0.0261. The molecule has 0 aromatic rings. The van der Waals surface area contributed by atoms with Crippen molar-refractivity contribution >= 4 is 5.91 Å². The van der Waals surface area contributed by atoms with Gasteiger partial charge in [-0.2, -0.15) is 0 Å². The summed E-state index contributed by atoms with van der Waals surface area (Å²) in [5.41, 5.74) is 0. The first-order valence-electron chi connectivity index (χ1n) is 30.4. The number of aliphatic hydroxyl groups is 5. The SMILES string of the molecule is CCCCCCCCCCCCCCCCCCCCCCCCCCCC/C=C/C(O)C(COC1OC(CO)C(O)C(O)C1O)NC(=O)CCCCCCCCCCCCCCCCCCCC. The van der Waals surface area contributed by atoms with E-state index in [1.807, 2.05) is 6.08 Å². The van der Waals surface area contributed by atoms with E-state index in [4.69, 9.17) is 9.47 Å². The van der Waals surface area contributed by atoms with Gasteiger partial charge in [-0.15, -0.1) is 0 Å². The molecule has 0 bridgehead atoms. The molecule has 1 rings (SSSR count). The maximum absolute atomic E-state index is 13.1. The second kappa shape index (κ2) is 50.5. The number of hydrogen-bond donors (Lipinski definition) is 6. The zero-order valence-electron chi connectivity index (χ0n) is 45.6. The molecule has 69 heavy (non-hydrogen) atoms. The fourth-order valence-electron chi connectivity index (χ4n) is 10.0. The molecule has 9 heteroatoms. The van der Waals surface area contributed by atoms with Crippen LogP contribution in [0.4, 0.5) is 0 Å². The second-order valence-corrected chi connectivity index (χ2v) is 21.5. The maximum Gasteiger partial charge on any atom is 0.220 e. The van der Waals surface area contributed by atoms with Gasteiger partial charge < -0.3 is 40.3 Å². The van der Waals surface area contributed by atoms with E-state index in [-0.39, 0.29) is 12.5 Å². The average molecular weight is 981 g/mol. The Bertz CT molecular complexity index is 1090. The molecule has 7 atom stereocenters. The molecule has 0 aliphatic carbocycles. The summed E-state index contributed by atoms with van der Waals surface area (Å²) in [5.74, 6) is -0.170. The van der Waals surface area contributed by atoms with Crippen LogP contribution in [0.5, 0.6) is 0 Å². The van der Waals surface area contributed by atoms with Crippen LogP contribution in [0.15, 0.2) is 12.2 Å². The minimum atomic E-state index is -1.56. The Morgan fingerprint density at radius 3 is 1.13 bits per heavy atom. The van der Waals surface area contributed by atoms with Gasteiger partial charge in [0.2, 0.25) is 5.91 Å². The predicted octanol–water partition coefficient (Wildman–Crippen LogP) is 15.2. The number of hydrogen-bond acceptors (Lipinski definition) is 8. The van der Waals surface area contributed by atoms with Gasteiger partial charge in [-0.05, 0) is 19.3 Å². The minimum Gasteiger partial charge on any atom is -0.394 e. The molecule has 1 saturated heterocycles. The molecule has 0 radical (unpaired) electrons. The molecule has 1 aliphatic rings. The highest BCUT2D eigenvalue weighted by Gasteiger charge is 2.44. The molecule has 1 fully saturated rings. The van der Waals surface area contributed by atoms with E-state index in [1.54, 1.807) is 6.08 Å². The molecular weight excluding hydrogens is 863 g/mol. The number of nitrogens with one attached hydrogen (secondary N) is 1. The topological polar surface area (TPSA) is 149 Å². The number of unbranched alkanes of at least 4 members (excludes halogenated alkanes) is 43. The third-order valence-electron chi connectivity index (χ3n) is 14.9. The van der Waals surface area contributed by atoms with E-state index >= 15 is 0 Å². The number of carbonyl (C=O) groups excluding carboxylic acids is 1. The van der Waals surface area contributed by atoms with Gasteiger partial charge in [0.25, 0.3) is 0 Å². The monoisotopic (exact) mass is 980 g/mol. The van der Waals surface area contributed by atoms with E-state index in [1.165, 1.54) is 250 Å². The van der Waals surface area contributed by atoms with E-state index in [9.17, 15) is 30.3 Å². The third-order valence-corrected chi connectivity index (χ3v) is 14.9. The van der Waals surface area contributed by atoms with Crippen LogP contribution < -0.4 is 5.32 Å². The summed E-state index contributed by atoms with van der Waals surface area (Å²) in [6.45, 7) is 3.83. The van der Waals surface area contributed by atoms with Gasteiger partial charge in [-0.3, -0.25) is 4.79 Å². The first-order chi connectivity index (χ1) is 33.8. The molecular formula is C60H117NO8. The third kappa shape index (κ3) is 40.1. The smallest absolute Gasteiger partial charge is 0.220 e. The molecule has 0 spiro atoms. The largest absolute Gasteiger partial charge is 0.394 e. The molecule has 0 aromatic heterocycles. The lowest BCUT2D eigenvalue weighted by atomic mass is 9.99. The number of rotatable bonds is 53. The van der Waals surface area contributed by atoms with Crippen LogP contribution in [0.3, 0.4) is 0 Å². The Morgan fingerprint density at radius 2 is 0.797 bits per heavy atom. The van der Waals surface area contributed by atoms with E-state index in [2.05, 4.69) is 19.2 Å². The summed E-state index contributed by atoms with van der Waals surface area (Å²) in [4.78, 5) is 13.1. The van der Waals surface area contributed by atoms with Crippen molar-refractivity contribution in [2.24, 2.45) is 0 Å². The van der Waals surface area contributed by atoms with Crippen molar-refractivity contribution < 1.29 is 39.8 Å². The van der Waals surface area contributed by atoms with Crippen molar-refractivity contribution in [3.05, 3.63) is 12.2 Å². The number of aliphatic hydroxyl groups excluding tert-OH is 5. The lowest BCUT2D eigenvalue weighted by Gasteiger charge is -2.40. The van der Waals surface area contributed by atoms with Crippen LogP contribution in [0.1, 0.15) is 309 Å². The summed E-state index contributed by atoms with van der Waals surface area (Å²) in [7, 11) is 0.